The summed E-state index contributed by atoms with van der Waals surface area (Å²) in [5.41, 5.74) is 6.24. The van der Waals surface area contributed by atoms with Gasteiger partial charge in [0, 0.05) is 25.8 Å². The highest BCUT2D eigenvalue weighted by molar-refractivity contribution is 5.75. The molecule has 1 aromatic carbocycles. The van der Waals surface area contributed by atoms with Gasteiger partial charge in [-0.2, -0.15) is 0 Å². The monoisotopic (exact) mass is 227 g/mol. The summed E-state index contributed by atoms with van der Waals surface area (Å²) in [5.74, 6) is -1.37. The highest BCUT2D eigenvalue weighted by atomic mass is 19.2. The summed E-state index contributed by atoms with van der Waals surface area (Å²) in [6.07, 6.45) is -0.404. The van der Waals surface area contributed by atoms with E-state index in [-0.39, 0.29) is 6.54 Å². The zero-order valence-corrected chi connectivity index (χ0v) is 8.63. The van der Waals surface area contributed by atoms with Gasteiger partial charge in [0.25, 0.3) is 0 Å². The molecule has 0 saturated carbocycles. The molecule has 4 nitrogen and oxygen atoms in total. The van der Waals surface area contributed by atoms with Gasteiger partial charge in [0.2, 0.25) is 0 Å². The highest BCUT2D eigenvalue weighted by Gasteiger charge is 2.14. The largest absolute Gasteiger partial charge is 0.372 e. The summed E-state index contributed by atoms with van der Waals surface area (Å²) in [6, 6.07) is 2.10. The van der Waals surface area contributed by atoms with E-state index in [9.17, 15) is 8.78 Å². The zero-order valence-electron chi connectivity index (χ0n) is 8.63. The maximum absolute atomic E-state index is 12.9. The number of H-pyrrole nitrogens is 1. The lowest BCUT2D eigenvalue weighted by Crippen LogP contribution is -2.15. The number of rotatable bonds is 3. The van der Waals surface area contributed by atoms with Crippen LogP contribution in [0.15, 0.2) is 12.1 Å². The van der Waals surface area contributed by atoms with Crippen molar-refractivity contribution in [1.29, 1.82) is 0 Å². The van der Waals surface area contributed by atoms with Crippen LogP contribution in [0.2, 0.25) is 0 Å². The molecular weight excluding hydrogens is 216 g/mol. The molecule has 0 amide bonds. The second kappa shape index (κ2) is 4.15. The van der Waals surface area contributed by atoms with Crippen LogP contribution >= 0.6 is 0 Å². The number of hydrogen-bond acceptors (Lipinski definition) is 3. The molecule has 2 aromatic rings. The average Bonchev–Trinajstić information content (AvgIpc) is 2.63. The summed E-state index contributed by atoms with van der Waals surface area (Å²) in [7, 11) is 1.49. The summed E-state index contributed by atoms with van der Waals surface area (Å²) in [4.78, 5) is 6.93. The van der Waals surface area contributed by atoms with E-state index in [0.717, 1.165) is 12.1 Å². The molecule has 1 heterocycles. The van der Waals surface area contributed by atoms with Gasteiger partial charge in [0.05, 0.1) is 11.0 Å². The van der Waals surface area contributed by atoms with Gasteiger partial charge in [0.1, 0.15) is 11.9 Å². The standard InChI is InChI=1S/C10H11F2N3O/c1-16-9(4-13)10-14-7-2-5(11)6(12)3-8(7)15-10/h2-3,9H,4,13H2,1H3,(H,14,15). The molecule has 0 aliphatic carbocycles. The van der Waals surface area contributed by atoms with Crippen molar-refractivity contribution < 1.29 is 13.5 Å². The van der Waals surface area contributed by atoms with Crippen molar-refractivity contribution in [3.05, 3.63) is 29.6 Å². The van der Waals surface area contributed by atoms with Gasteiger partial charge >= 0.3 is 0 Å². The molecule has 1 unspecified atom stereocenters. The lowest BCUT2D eigenvalue weighted by molar-refractivity contribution is 0.104. The van der Waals surface area contributed by atoms with E-state index < -0.39 is 17.7 Å². The Morgan fingerprint density at radius 1 is 1.44 bits per heavy atom. The number of aromatic nitrogens is 2. The van der Waals surface area contributed by atoms with E-state index in [2.05, 4.69) is 9.97 Å². The van der Waals surface area contributed by atoms with Gasteiger partial charge in [-0.3, -0.25) is 0 Å². The van der Waals surface area contributed by atoms with E-state index in [1.807, 2.05) is 0 Å². The molecule has 0 radical (unpaired) electrons. The van der Waals surface area contributed by atoms with Crippen molar-refractivity contribution in [3.63, 3.8) is 0 Å². The van der Waals surface area contributed by atoms with Crippen molar-refractivity contribution in [2.45, 2.75) is 6.10 Å². The number of ether oxygens (including phenoxy) is 1. The molecule has 16 heavy (non-hydrogen) atoms. The van der Waals surface area contributed by atoms with Gasteiger partial charge in [-0.25, -0.2) is 13.8 Å². The number of nitrogens with one attached hydrogen (secondary N) is 1. The molecule has 0 spiro atoms. The van der Waals surface area contributed by atoms with Crippen LogP contribution in [0.5, 0.6) is 0 Å². The van der Waals surface area contributed by atoms with Gasteiger partial charge < -0.3 is 15.5 Å². The van der Waals surface area contributed by atoms with E-state index in [4.69, 9.17) is 10.5 Å². The number of nitrogens with two attached hydrogens (primary N) is 1. The van der Waals surface area contributed by atoms with Gasteiger partial charge in [-0.1, -0.05) is 0 Å². The van der Waals surface area contributed by atoms with Crippen LogP contribution in [-0.4, -0.2) is 23.6 Å². The Bertz CT molecular complexity index is 469. The van der Waals surface area contributed by atoms with Crippen LogP contribution in [0, 0.1) is 11.6 Å². The normalized spacial score (nSPS) is 13.2. The first kappa shape index (κ1) is 11.0. The van der Waals surface area contributed by atoms with E-state index >= 15 is 0 Å². The number of halogens is 2. The third kappa shape index (κ3) is 1.77. The Morgan fingerprint density at radius 2 is 2.12 bits per heavy atom. The fourth-order valence-corrected chi connectivity index (χ4v) is 1.50. The van der Waals surface area contributed by atoms with Gasteiger partial charge in [-0.15, -0.1) is 0 Å². The molecule has 3 N–H and O–H groups in total. The van der Waals surface area contributed by atoms with Crippen molar-refractivity contribution in [3.8, 4) is 0 Å². The maximum atomic E-state index is 12.9. The predicted octanol–water partition coefficient (Wildman–Crippen LogP) is 1.49. The first-order valence-corrected chi connectivity index (χ1v) is 4.73. The molecule has 0 fully saturated rings. The van der Waals surface area contributed by atoms with Crippen LogP contribution in [0.4, 0.5) is 8.78 Å². The van der Waals surface area contributed by atoms with Crippen LogP contribution < -0.4 is 5.73 Å². The van der Waals surface area contributed by atoms with Crippen LogP contribution in [0.3, 0.4) is 0 Å². The SMILES string of the molecule is COC(CN)c1nc2cc(F)c(F)cc2[nH]1. The van der Waals surface area contributed by atoms with E-state index in [0.29, 0.717) is 16.9 Å². The first-order valence-electron chi connectivity index (χ1n) is 4.73. The fraction of sp³-hybridized carbons (Fsp3) is 0.300. The Balaban J connectivity index is 2.51. The lowest BCUT2D eigenvalue weighted by atomic mass is 10.3. The molecule has 6 heteroatoms. The van der Waals surface area contributed by atoms with Crippen LogP contribution in [0.1, 0.15) is 11.9 Å². The Labute approximate surface area is 90.4 Å². The van der Waals surface area contributed by atoms with E-state index in [1.54, 1.807) is 0 Å². The molecule has 2 rings (SSSR count). The minimum Gasteiger partial charge on any atom is -0.372 e. The van der Waals surface area contributed by atoms with E-state index in [1.165, 1.54) is 7.11 Å². The average molecular weight is 227 g/mol. The molecule has 1 atom stereocenters. The molecule has 86 valence electrons. The van der Waals surface area contributed by atoms with Crippen molar-refractivity contribution >= 4 is 11.0 Å². The number of imidazole rings is 1. The predicted molar refractivity (Wildman–Crippen MR) is 54.8 cm³/mol. The molecule has 0 bridgehead atoms. The van der Waals surface area contributed by atoms with Crippen LogP contribution in [-0.2, 0) is 4.74 Å². The molecule has 0 aliphatic heterocycles. The van der Waals surface area contributed by atoms with Gasteiger partial charge in [-0.05, 0) is 0 Å². The number of fused-ring (bicyclic) bond motifs is 1. The number of aromatic amines is 1. The Hall–Kier alpha value is -1.53. The molecule has 0 saturated heterocycles. The van der Waals surface area contributed by atoms with Crippen molar-refractivity contribution in [1.82, 2.24) is 9.97 Å². The second-order valence-corrected chi connectivity index (χ2v) is 3.37. The first-order chi connectivity index (χ1) is 7.65. The quantitative estimate of drug-likeness (QED) is 0.834. The van der Waals surface area contributed by atoms with Crippen molar-refractivity contribution in [2.24, 2.45) is 5.73 Å². The summed E-state index contributed by atoms with van der Waals surface area (Å²) < 4.78 is 31.0. The molecule has 1 aromatic heterocycles. The zero-order chi connectivity index (χ0) is 11.7. The number of methoxy groups -OCH3 is 1. The third-order valence-corrected chi connectivity index (χ3v) is 2.35. The lowest BCUT2D eigenvalue weighted by Gasteiger charge is -2.08. The number of hydrogen-bond donors (Lipinski definition) is 2. The van der Waals surface area contributed by atoms with Crippen molar-refractivity contribution in [2.75, 3.05) is 13.7 Å². The molecular formula is C10H11F2N3O. The smallest absolute Gasteiger partial charge is 0.161 e. The number of nitrogens with zero attached hydrogens (tertiary/aromatic N) is 1. The Kier molecular flexibility index (Phi) is 2.84. The summed E-state index contributed by atoms with van der Waals surface area (Å²) in [5, 5.41) is 0. The van der Waals surface area contributed by atoms with Crippen LogP contribution in [0.25, 0.3) is 11.0 Å². The third-order valence-electron chi connectivity index (χ3n) is 2.35. The second-order valence-electron chi connectivity index (χ2n) is 3.37. The topological polar surface area (TPSA) is 63.9 Å². The fourth-order valence-electron chi connectivity index (χ4n) is 1.50. The number of benzene rings is 1. The minimum absolute atomic E-state index is 0.237. The molecule has 0 aliphatic rings. The minimum atomic E-state index is -0.924. The maximum Gasteiger partial charge on any atom is 0.161 e. The highest BCUT2D eigenvalue weighted by Crippen LogP contribution is 2.20. The van der Waals surface area contributed by atoms with Gasteiger partial charge in [0.15, 0.2) is 11.6 Å². The summed E-state index contributed by atoms with van der Waals surface area (Å²) >= 11 is 0. The Morgan fingerprint density at radius 3 is 2.75 bits per heavy atom. The summed E-state index contributed by atoms with van der Waals surface area (Å²) in [6.45, 7) is 0.237.